The average Bonchev–Trinajstić information content (AvgIpc) is 3.19. The van der Waals surface area contributed by atoms with Crippen molar-refractivity contribution in [2.24, 2.45) is 11.7 Å². The predicted octanol–water partition coefficient (Wildman–Crippen LogP) is 3.96. The zero-order chi connectivity index (χ0) is 24.5. The molecular weight excluding hydrogens is 456 g/mol. The molecule has 1 aliphatic heterocycles. The first-order valence-electron chi connectivity index (χ1n) is 12.0. The number of ether oxygens (including phenoxy) is 1. The van der Waals surface area contributed by atoms with Crippen LogP contribution in [0.5, 0.6) is 0 Å². The Morgan fingerprint density at radius 2 is 1.77 bits per heavy atom. The van der Waals surface area contributed by atoms with Crippen molar-refractivity contribution in [3.63, 3.8) is 0 Å². The van der Waals surface area contributed by atoms with Gasteiger partial charge in [0.15, 0.2) is 5.65 Å². The number of aryl methyl sites for hydroxylation is 1. The first-order valence-corrected chi connectivity index (χ1v) is 12.0. The molecule has 1 aliphatic carbocycles. The van der Waals surface area contributed by atoms with Crippen LogP contribution in [0.2, 0.25) is 0 Å². The van der Waals surface area contributed by atoms with Crippen LogP contribution >= 0.6 is 0 Å². The van der Waals surface area contributed by atoms with Crippen LogP contribution in [0.1, 0.15) is 50.1 Å². The molecule has 5 rings (SSSR count). The van der Waals surface area contributed by atoms with Crippen LogP contribution in [0.3, 0.4) is 0 Å². The Hall–Kier alpha value is -3.34. The predicted molar refractivity (Wildman–Crippen MR) is 127 cm³/mol. The number of hydrogen-bond donors (Lipinski definition) is 3. The van der Waals surface area contributed by atoms with Gasteiger partial charge in [0.25, 0.3) is 0 Å². The molecular formula is C24H29F2N7O2. The smallest absolute Gasteiger partial charge is 0.224 e. The molecule has 11 heteroatoms. The van der Waals surface area contributed by atoms with Crippen molar-refractivity contribution in [3.8, 4) is 0 Å². The van der Waals surface area contributed by atoms with E-state index in [2.05, 4.69) is 20.6 Å². The molecule has 0 spiro atoms. The second kappa shape index (κ2) is 9.73. The van der Waals surface area contributed by atoms with Gasteiger partial charge in [-0.3, -0.25) is 9.36 Å². The number of anilines is 3. The van der Waals surface area contributed by atoms with Crippen LogP contribution in [0.15, 0.2) is 18.3 Å². The zero-order valence-corrected chi connectivity index (χ0v) is 19.6. The minimum absolute atomic E-state index is 0.0690. The maximum Gasteiger partial charge on any atom is 0.224 e. The fourth-order valence-corrected chi connectivity index (χ4v) is 4.97. The number of hydrogen-bond acceptors (Lipinski definition) is 7. The SMILES string of the molecule is Cc1cc(F)c(Nc2nc3cnc(NC4CCOCC4)nc3n2[C@H]2CC[C@@H](C(N)=O)CC2)c(F)c1. The molecule has 1 saturated heterocycles. The fraction of sp³-hybridized carbons (Fsp3) is 0.500. The molecule has 2 aromatic heterocycles. The number of fused-ring (bicyclic) bond motifs is 1. The Bertz CT molecular complexity index is 1210. The molecule has 3 heterocycles. The summed E-state index contributed by atoms with van der Waals surface area (Å²) >= 11 is 0. The molecule has 1 aromatic carbocycles. The van der Waals surface area contributed by atoms with Crippen LogP contribution in [0, 0.1) is 24.5 Å². The summed E-state index contributed by atoms with van der Waals surface area (Å²) in [7, 11) is 0. The lowest BCUT2D eigenvalue weighted by Crippen LogP contribution is -2.29. The number of primary amides is 1. The standard InChI is InChI=1S/C24H29F2N7O2/c1-13-10-17(25)20(18(26)11-13)31-24-30-19-12-28-23(29-15-6-8-35-9-7-15)32-22(19)33(24)16-4-2-14(3-5-16)21(27)34/h10-12,14-16H,2-9H2,1H3,(H2,27,34)(H,30,31)(H,28,29,32)/t14-,16+. The Balaban J connectivity index is 1.52. The number of aromatic nitrogens is 4. The second-order valence-electron chi connectivity index (χ2n) is 9.38. The van der Waals surface area contributed by atoms with E-state index in [0.29, 0.717) is 61.6 Å². The van der Waals surface area contributed by atoms with Crippen molar-refractivity contribution in [3.05, 3.63) is 35.5 Å². The number of nitrogens with zero attached hydrogens (tertiary/aromatic N) is 4. The van der Waals surface area contributed by atoms with E-state index in [1.807, 2.05) is 4.57 Å². The minimum atomic E-state index is -0.702. The maximum atomic E-state index is 14.7. The number of halogens is 2. The van der Waals surface area contributed by atoms with Crippen LogP contribution in [-0.4, -0.2) is 44.7 Å². The highest BCUT2D eigenvalue weighted by Gasteiger charge is 2.30. The van der Waals surface area contributed by atoms with E-state index in [4.69, 9.17) is 15.5 Å². The molecule has 3 aromatic rings. The van der Waals surface area contributed by atoms with Gasteiger partial charge >= 0.3 is 0 Å². The van der Waals surface area contributed by atoms with E-state index in [-0.39, 0.29) is 35.5 Å². The van der Waals surface area contributed by atoms with Crippen molar-refractivity contribution >= 4 is 34.7 Å². The Morgan fingerprint density at radius 1 is 1.09 bits per heavy atom. The van der Waals surface area contributed by atoms with Gasteiger partial charge in [-0.05, 0) is 63.1 Å². The Kier molecular flexibility index (Phi) is 6.50. The third-order valence-corrected chi connectivity index (χ3v) is 6.87. The summed E-state index contributed by atoms with van der Waals surface area (Å²) in [5.74, 6) is -1.13. The molecule has 0 radical (unpaired) electrons. The van der Waals surface area contributed by atoms with E-state index in [1.165, 1.54) is 12.1 Å². The normalized spacial score (nSPS) is 21.2. The summed E-state index contributed by atoms with van der Waals surface area (Å²) in [6, 6.07) is 2.68. The second-order valence-corrected chi connectivity index (χ2v) is 9.38. The van der Waals surface area contributed by atoms with Crippen LogP contribution in [-0.2, 0) is 9.53 Å². The molecule has 0 unspecified atom stereocenters. The third kappa shape index (κ3) is 4.90. The van der Waals surface area contributed by atoms with Gasteiger partial charge in [-0.15, -0.1) is 0 Å². The summed E-state index contributed by atoms with van der Waals surface area (Å²) in [5.41, 5.74) is 6.80. The number of carbonyl (C=O) groups excluding carboxylic acids is 1. The number of carbonyl (C=O) groups is 1. The molecule has 0 atom stereocenters. The number of benzene rings is 1. The summed E-state index contributed by atoms with van der Waals surface area (Å²) < 4.78 is 36.6. The Morgan fingerprint density at radius 3 is 2.43 bits per heavy atom. The molecule has 2 fully saturated rings. The van der Waals surface area contributed by atoms with Crippen LogP contribution in [0.4, 0.5) is 26.4 Å². The number of rotatable bonds is 6. The van der Waals surface area contributed by atoms with Crippen molar-refractivity contribution < 1.29 is 18.3 Å². The average molecular weight is 486 g/mol. The van der Waals surface area contributed by atoms with E-state index < -0.39 is 11.6 Å². The van der Waals surface area contributed by atoms with Crippen LogP contribution < -0.4 is 16.4 Å². The topological polar surface area (TPSA) is 120 Å². The summed E-state index contributed by atoms with van der Waals surface area (Å²) in [6.07, 6.45) is 5.92. The lowest BCUT2D eigenvalue weighted by Gasteiger charge is -2.29. The van der Waals surface area contributed by atoms with Gasteiger partial charge in [0.05, 0.1) is 6.20 Å². The fourth-order valence-electron chi connectivity index (χ4n) is 4.97. The molecule has 1 amide bonds. The van der Waals surface area contributed by atoms with Gasteiger partial charge < -0.3 is 21.1 Å². The number of imidazole rings is 1. The van der Waals surface area contributed by atoms with Gasteiger partial charge in [-0.25, -0.2) is 18.7 Å². The van der Waals surface area contributed by atoms with Crippen LogP contribution in [0.25, 0.3) is 11.2 Å². The molecule has 4 N–H and O–H groups in total. The molecule has 0 bridgehead atoms. The van der Waals surface area contributed by atoms with Crippen molar-refractivity contribution in [1.82, 2.24) is 19.5 Å². The molecule has 186 valence electrons. The minimum Gasteiger partial charge on any atom is -0.381 e. The van der Waals surface area contributed by atoms with Gasteiger partial charge in [0.2, 0.25) is 17.8 Å². The first-order chi connectivity index (χ1) is 16.9. The maximum absolute atomic E-state index is 14.7. The van der Waals surface area contributed by atoms with Gasteiger partial charge in [0, 0.05) is 31.2 Å². The summed E-state index contributed by atoms with van der Waals surface area (Å²) in [5, 5.41) is 6.23. The number of nitrogens with two attached hydrogens (primary N) is 1. The molecule has 35 heavy (non-hydrogen) atoms. The number of amides is 1. The largest absolute Gasteiger partial charge is 0.381 e. The van der Waals surface area contributed by atoms with Gasteiger partial charge in [-0.2, -0.15) is 4.98 Å². The lowest BCUT2D eigenvalue weighted by molar-refractivity contribution is -0.122. The van der Waals surface area contributed by atoms with Gasteiger partial charge in [-0.1, -0.05) is 0 Å². The highest BCUT2D eigenvalue weighted by Crippen LogP contribution is 2.37. The van der Waals surface area contributed by atoms with E-state index in [1.54, 1.807) is 13.1 Å². The third-order valence-electron chi connectivity index (χ3n) is 6.87. The highest BCUT2D eigenvalue weighted by atomic mass is 19.1. The van der Waals surface area contributed by atoms with Gasteiger partial charge in [0.1, 0.15) is 22.8 Å². The summed E-state index contributed by atoms with van der Waals surface area (Å²) in [4.78, 5) is 25.4. The molecule has 1 saturated carbocycles. The van der Waals surface area contributed by atoms with Crippen molar-refractivity contribution in [2.75, 3.05) is 23.8 Å². The first kappa shape index (κ1) is 23.4. The van der Waals surface area contributed by atoms with Crippen molar-refractivity contribution in [2.45, 2.75) is 57.5 Å². The monoisotopic (exact) mass is 485 g/mol. The molecule has 9 nitrogen and oxygen atoms in total. The van der Waals surface area contributed by atoms with E-state index in [0.717, 1.165) is 12.8 Å². The van der Waals surface area contributed by atoms with Crippen molar-refractivity contribution in [1.29, 1.82) is 0 Å². The zero-order valence-electron chi connectivity index (χ0n) is 19.6. The van der Waals surface area contributed by atoms with E-state index in [9.17, 15) is 13.6 Å². The Labute approximate surface area is 201 Å². The molecule has 2 aliphatic rings. The van der Waals surface area contributed by atoms with E-state index >= 15 is 0 Å². The summed E-state index contributed by atoms with van der Waals surface area (Å²) in [6.45, 7) is 3.00. The number of nitrogens with one attached hydrogen (secondary N) is 2. The highest BCUT2D eigenvalue weighted by molar-refractivity contribution is 5.78. The lowest BCUT2D eigenvalue weighted by atomic mass is 9.85. The quantitative estimate of drug-likeness (QED) is 0.483.